The number of hydrogen-bond donors (Lipinski definition) is 2. The van der Waals surface area contributed by atoms with Crippen LogP contribution in [0.3, 0.4) is 0 Å². The van der Waals surface area contributed by atoms with E-state index in [0.717, 1.165) is 24.9 Å². The van der Waals surface area contributed by atoms with Crippen molar-refractivity contribution in [2.45, 2.75) is 44.2 Å². The fourth-order valence-corrected chi connectivity index (χ4v) is 3.59. The van der Waals surface area contributed by atoms with Crippen LogP contribution in [-0.4, -0.2) is 47.1 Å². The highest BCUT2D eigenvalue weighted by Crippen LogP contribution is 2.33. The Morgan fingerprint density at radius 1 is 1.20 bits per heavy atom. The first-order chi connectivity index (χ1) is 11.9. The average Bonchev–Trinajstić information content (AvgIpc) is 3.29. The summed E-state index contributed by atoms with van der Waals surface area (Å²) in [5.41, 5.74) is 0.823. The van der Waals surface area contributed by atoms with Crippen molar-refractivity contribution in [2.75, 3.05) is 13.1 Å². The number of aliphatic carboxylic acids is 1. The van der Waals surface area contributed by atoms with Gasteiger partial charge < -0.3 is 10.4 Å². The van der Waals surface area contributed by atoms with E-state index in [1.807, 2.05) is 0 Å². The van der Waals surface area contributed by atoms with Gasteiger partial charge in [-0.05, 0) is 49.3 Å². The number of amides is 1. The van der Waals surface area contributed by atoms with Crippen LogP contribution < -0.4 is 5.32 Å². The maximum atomic E-state index is 12.2. The van der Waals surface area contributed by atoms with E-state index in [2.05, 4.69) is 10.2 Å². The lowest BCUT2D eigenvalue weighted by molar-refractivity contribution is -0.140. The Morgan fingerprint density at radius 3 is 2.52 bits per heavy atom. The van der Waals surface area contributed by atoms with Crippen LogP contribution in [0.5, 0.6) is 0 Å². The van der Waals surface area contributed by atoms with Gasteiger partial charge in [0.1, 0.15) is 0 Å². The summed E-state index contributed by atoms with van der Waals surface area (Å²) in [5, 5.41) is 13.0. The van der Waals surface area contributed by atoms with Gasteiger partial charge in [0, 0.05) is 18.6 Å². The Kier molecular flexibility index (Phi) is 5.87. The molecule has 1 aromatic rings. The summed E-state index contributed by atoms with van der Waals surface area (Å²) in [5.74, 6) is -0.177. The standard InChI is InChI=1S/C18H22Cl2N2O3/c19-15-4-3-12(5-16(15)20)6-17(23)21-13-7-14(8-13)22(10-18(24)25)9-11-1-2-11/h3-5,11,13-14H,1-2,6-10H2,(H,21,23)(H,24,25). The van der Waals surface area contributed by atoms with E-state index in [0.29, 0.717) is 16.0 Å². The predicted octanol–water partition coefficient (Wildman–Crippen LogP) is 2.98. The van der Waals surface area contributed by atoms with E-state index in [4.69, 9.17) is 28.3 Å². The van der Waals surface area contributed by atoms with Gasteiger partial charge in [0.25, 0.3) is 0 Å². The molecule has 0 unspecified atom stereocenters. The number of rotatable bonds is 8. The summed E-state index contributed by atoms with van der Waals surface area (Å²) in [4.78, 5) is 25.3. The molecule has 136 valence electrons. The van der Waals surface area contributed by atoms with Crippen LogP contribution in [0.2, 0.25) is 10.0 Å². The van der Waals surface area contributed by atoms with Crippen LogP contribution >= 0.6 is 23.2 Å². The zero-order valence-corrected chi connectivity index (χ0v) is 15.4. The van der Waals surface area contributed by atoms with Crippen molar-refractivity contribution < 1.29 is 14.7 Å². The minimum Gasteiger partial charge on any atom is -0.480 e. The first kappa shape index (κ1) is 18.5. The Balaban J connectivity index is 1.44. The highest BCUT2D eigenvalue weighted by atomic mass is 35.5. The largest absolute Gasteiger partial charge is 0.480 e. The van der Waals surface area contributed by atoms with E-state index >= 15 is 0 Å². The maximum absolute atomic E-state index is 12.2. The van der Waals surface area contributed by atoms with Gasteiger partial charge >= 0.3 is 5.97 Å². The Hall–Kier alpha value is -1.30. The Morgan fingerprint density at radius 2 is 1.92 bits per heavy atom. The molecule has 3 rings (SSSR count). The number of nitrogens with zero attached hydrogens (tertiary/aromatic N) is 1. The Labute approximate surface area is 157 Å². The molecule has 0 atom stereocenters. The number of nitrogens with one attached hydrogen (secondary N) is 1. The third kappa shape index (κ3) is 5.33. The van der Waals surface area contributed by atoms with Crippen molar-refractivity contribution in [3.05, 3.63) is 33.8 Å². The van der Waals surface area contributed by atoms with Gasteiger partial charge in [-0.15, -0.1) is 0 Å². The molecule has 5 nitrogen and oxygen atoms in total. The van der Waals surface area contributed by atoms with Crippen LogP contribution in [0, 0.1) is 5.92 Å². The second kappa shape index (κ2) is 7.94. The second-order valence-corrected chi connectivity index (χ2v) is 7.90. The molecule has 2 aliphatic carbocycles. The van der Waals surface area contributed by atoms with Gasteiger partial charge in [-0.3, -0.25) is 14.5 Å². The fourth-order valence-electron chi connectivity index (χ4n) is 3.27. The topological polar surface area (TPSA) is 69.6 Å². The molecule has 0 heterocycles. The van der Waals surface area contributed by atoms with Gasteiger partial charge in [-0.1, -0.05) is 29.3 Å². The van der Waals surface area contributed by atoms with Gasteiger partial charge in [0.15, 0.2) is 0 Å². The second-order valence-electron chi connectivity index (χ2n) is 7.08. The minimum absolute atomic E-state index is 0.0474. The third-order valence-corrected chi connectivity index (χ3v) is 5.61. The van der Waals surface area contributed by atoms with E-state index in [9.17, 15) is 9.59 Å². The van der Waals surface area contributed by atoms with Crippen LogP contribution in [0.15, 0.2) is 18.2 Å². The molecule has 25 heavy (non-hydrogen) atoms. The molecular formula is C18H22Cl2N2O3. The molecular weight excluding hydrogens is 363 g/mol. The molecule has 1 aromatic carbocycles. The molecule has 0 radical (unpaired) electrons. The highest BCUT2D eigenvalue weighted by molar-refractivity contribution is 6.42. The first-order valence-corrected chi connectivity index (χ1v) is 9.35. The predicted molar refractivity (Wildman–Crippen MR) is 97.1 cm³/mol. The number of carbonyl (C=O) groups excluding carboxylic acids is 1. The van der Waals surface area contributed by atoms with Crippen molar-refractivity contribution >= 4 is 35.1 Å². The van der Waals surface area contributed by atoms with E-state index < -0.39 is 5.97 Å². The molecule has 0 aromatic heterocycles. The minimum atomic E-state index is -0.784. The zero-order chi connectivity index (χ0) is 18.0. The molecule has 2 saturated carbocycles. The lowest BCUT2D eigenvalue weighted by Crippen LogP contribution is -2.55. The number of carbonyl (C=O) groups is 2. The quantitative estimate of drug-likeness (QED) is 0.722. The van der Waals surface area contributed by atoms with Crippen molar-refractivity contribution in [3.8, 4) is 0 Å². The number of carboxylic acids is 1. The summed E-state index contributed by atoms with van der Waals surface area (Å²) in [6, 6.07) is 5.56. The van der Waals surface area contributed by atoms with E-state index in [1.165, 1.54) is 12.8 Å². The lowest BCUT2D eigenvalue weighted by atomic mass is 9.85. The molecule has 0 bridgehead atoms. The summed E-state index contributed by atoms with van der Waals surface area (Å²) in [7, 11) is 0. The normalized spacial score (nSPS) is 22.5. The molecule has 0 spiro atoms. The maximum Gasteiger partial charge on any atom is 0.317 e. The summed E-state index contributed by atoms with van der Waals surface area (Å²) in [6.45, 7) is 0.950. The van der Waals surface area contributed by atoms with Gasteiger partial charge in [-0.25, -0.2) is 0 Å². The van der Waals surface area contributed by atoms with Crippen LogP contribution in [0.25, 0.3) is 0 Å². The number of benzene rings is 1. The molecule has 0 saturated heterocycles. The summed E-state index contributed by atoms with van der Waals surface area (Å²) in [6.07, 6.45) is 4.29. The third-order valence-electron chi connectivity index (χ3n) is 4.87. The average molecular weight is 385 g/mol. The number of halogens is 2. The van der Waals surface area contributed by atoms with Crippen molar-refractivity contribution in [2.24, 2.45) is 5.92 Å². The Bertz CT molecular complexity index is 658. The molecule has 0 aliphatic heterocycles. The molecule has 2 fully saturated rings. The van der Waals surface area contributed by atoms with Crippen molar-refractivity contribution in [3.63, 3.8) is 0 Å². The SMILES string of the molecule is O=C(O)CN(CC1CC1)C1CC(NC(=O)Cc2ccc(Cl)c(Cl)c2)C1. The molecule has 2 N–H and O–H groups in total. The van der Waals surface area contributed by atoms with Gasteiger partial charge in [0.2, 0.25) is 5.91 Å². The smallest absolute Gasteiger partial charge is 0.317 e. The van der Waals surface area contributed by atoms with E-state index in [-0.39, 0.29) is 31.0 Å². The van der Waals surface area contributed by atoms with Gasteiger partial charge in [-0.2, -0.15) is 0 Å². The summed E-state index contributed by atoms with van der Waals surface area (Å²) >= 11 is 11.8. The highest BCUT2D eigenvalue weighted by Gasteiger charge is 2.37. The van der Waals surface area contributed by atoms with Crippen molar-refractivity contribution in [1.29, 1.82) is 0 Å². The van der Waals surface area contributed by atoms with Crippen LogP contribution in [0.4, 0.5) is 0 Å². The monoisotopic (exact) mass is 384 g/mol. The lowest BCUT2D eigenvalue weighted by Gasteiger charge is -2.42. The van der Waals surface area contributed by atoms with Gasteiger partial charge in [0.05, 0.1) is 23.0 Å². The molecule has 1 amide bonds. The van der Waals surface area contributed by atoms with Crippen molar-refractivity contribution in [1.82, 2.24) is 10.2 Å². The van der Waals surface area contributed by atoms with Crippen LogP contribution in [-0.2, 0) is 16.0 Å². The molecule has 7 heteroatoms. The van der Waals surface area contributed by atoms with E-state index in [1.54, 1.807) is 18.2 Å². The first-order valence-electron chi connectivity index (χ1n) is 8.60. The molecule has 2 aliphatic rings. The number of carboxylic acid groups (broad SMARTS) is 1. The fraction of sp³-hybridized carbons (Fsp3) is 0.556. The summed E-state index contributed by atoms with van der Waals surface area (Å²) < 4.78 is 0. The zero-order valence-electron chi connectivity index (χ0n) is 13.9. The number of hydrogen-bond acceptors (Lipinski definition) is 3. The van der Waals surface area contributed by atoms with Crippen LogP contribution in [0.1, 0.15) is 31.2 Å².